The predicted octanol–water partition coefficient (Wildman–Crippen LogP) is 1.76. The second-order valence-corrected chi connectivity index (χ2v) is 7.49. The molecule has 0 spiro atoms. The molecule has 1 aromatic rings. The largest absolute Gasteiger partial charge is 0.341 e. The SMILES string of the molecule is CC(C)N1CC(C(=O)N2CCCN(C(=O)c3ccccc3F)CC2)CC1=O. The molecule has 7 heteroatoms. The van der Waals surface area contributed by atoms with Crippen molar-refractivity contribution < 1.29 is 18.8 Å². The van der Waals surface area contributed by atoms with Gasteiger partial charge in [-0.05, 0) is 32.4 Å². The molecular weight excluding hydrogens is 349 g/mol. The van der Waals surface area contributed by atoms with E-state index in [0.29, 0.717) is 39.1 Å². The quantitative estimate of drug-likeness (QED) is 0.809. The maximum Gasteiger partial charge on any atom is 0.256 e. The number of carbonyl (C=O) groups excluding carboxylic acids is 3. The van der Waals surface area contributed by atoms with E-state index in [4.69, 9.17) is 0 Å². The third-order valence-electron chi connectivity index (χ3n) is 5.33. The fourth-order valence-corrected chi connectivity index (χ4v) is 3.80. The molecule has 0 radical (unpaired) electrons. The Morgan fingerprint density at radius 2 is 1.74 bits per heavy atom. The van der Waals surface area contributed by atoms with E-state index < -0.39 is 5.82 Å². The van der Waals surface area contributed by atoms with E-state index >= 15 is 0 Å². The molecule has 2 heterocycles. The number of likely N-dealkylation sites (tertiary alicyclic amines) is 1. The average Bonchev–Trinajstić information content (AvgIpc) is 2.88. The van der Waals surface area contributed by atoms with Crippen LogP contribution in [0.25, 0.3) is 0 Å². The Morgan fingerprint density at radius 3 is 2.41 bits per heavy atom. The van der Waals surface area contributed by atoms with Gasteiger partial charge in [0.25, 0.3) is 5.91 Å². The predicted molar refractivity (Wildman–Crippen MR) is 98.5 cm³/mol. The van der Waals surface area contributed by atoms with E-state index in [9.17, 15) is 18.8 Å². The van der Waals surface area contributed by atoms with Crippen LogP contribution in [0, 0.1) is 11.7 Å². The normalized spacial score (nSPS) is 21.0. The standard InChI is InChI=1S/C20H26FN3O3/c1-14(2)24-13-15(12-18(24)25)19(26)22-8-5-9-23(11-10-22)20(27)16-6-3-4-7-17(16)21/h3-4,6-7,14-15H,5,8-13H2,1-2H3. The Morgan fingerprint density at radius 1 is 1.07 bits per heavy atom. The Hall–Kier alpha value is -2.44. The lowest BCUT2D eigenvalue weighted by atomic mass is 10.1. The topological polar surface area (TPSA) is 60.9 Å². The van der Waals surface area contributed by atoms with Gasteiger partial charge in [0.2, 0.25) is 11.8 Å². The van der Waals surface area contributed by atoms with Gasteiger partial charge in [-0.2, -0.15) is 0 Å². The number of hydrogen-bond acceptors (Lipinski definition) is 3. The van der Waals surface area contributed by atoms with Crippen LogP contribution in [0.1, 0.15) is 37.0 Å². The Labute approximate surface area is 158 Å². The summed E-state index contributed by atoms with van der Waals surface area (Å²) in [6.45, 7) is 6.17. The first-order chi connectivity index (χ1) is 12.9. The first-order valence-electron chi connectivity index (χ1n) is 9.50. The smallest absolute Gasteiger partial charge is 0.256 e. The van der Waals surface area contributed by atoms with E-state index in [1.807, 2.05) is 13.8 Å². The highest BCUT2D eigenvalue weighted by molar-refractivity contribution is 5.94. The van der Waals surface area contributed by atoms with Crippen LogP contribution < -0.4 is 0 Å². The van der Waals surface area contributed by atoms with Crippen LogP contribution >= 0.6 is 0 Å². The zero-order chi connectivity index (χ0) is 19.6. The molecule has 1 aromatic carbocycles. The van der Waals surface area contributed by atoms with Gasteiger partial charge in [-0.3, -0.25) is 14.4 Å². The molecule has 1 unspecified atom stereocenters. The highest BCUT2D eigenvalue weighted by Gasteiger charge is 2.38. The van der Waals surface area contributed by atoms with Crippen LogP contribution in [0.4, 0.5) is 4.39 Å². The van der Waals surface area contributed by atoms with E-state index in [2.05, 4.69) is 0 Å². The van der Waals surface area contributed by atoms with E-state index in [0.717, 1.165) is 0 Å². The minimum Gasteiger partial charge on any atom is -0.341 e. The Balaban J connectivity index is 1.62. The molecule has 2 aliphatic rings. The number of nitrogens with zero attached hydrogens (tertiary/aromatic N) is 3. The fourth-order valence-electron chi connectivity index (χ4n) is 3.80. The zero-order valence-electron chi connectivity index (χ0n) is 15.9. The summed E-state index contributed by atoms with van der Waals surface area (Å²) in [5.74, 6) is -1.18. The number of amides is 3. The minimum atomic E-state index is -0.530. The highest BCUT2D eigenvalue weighted by atomic mass is 19.1. The molecule has 3 rings (SSSR count). The van der Waals surface area contributed by atoms with Gasteiger partial charge in [0, 0.05) is 45.2 Å². The third kappa shape index (κ3) is 4.12. The van der Waals surface area contributed by atoms with Crippen molar-refractivity contribution in [3.05, 3.63) is 35.6 Å². The molecule has 2 aliphatic heterocycles. The number of carbonyl (C=O) groups is 3. The van der Waals surface area contributed by atoms with Gasteiger partial charge >= 0.3 is 0 Å². The van der Waals surface area contributed by atoms with Crippen LogP contribution in [0.5, 0.6) is 0 Å². The molecular formula is C20H26FN3O3. The fraction of sp³-hybridized carbons (Fsp3) is 0.550. The van der Waals surface area contributed by atoms with Crippen LogP contribution in [-0.4, -0.2) is 71.2 Å². The molecule has 146 valence electrons. The highest BCUT2D eigenvalue weighted by Crippen LogP contribution is 2.23. The lowest BCUT2D eigenvalue weighted by Crippen LogP contribution is -2.41. The van der Waals surface area contributed by atoms with Crippen LogP contribution in [-0.2, 0) is 9.59 Å². The molecule has 2 saturated heterocycles. The minimum absolute atomic E-state index is 0.0216. The second kappa shape index (κ2) is 8.06. The van der Waals surface area contributed by atoms with Gasteiger partial charge in [0.1, 0.15) is 5.82 Å². The molecule has 27 heavy (non-hydrogen) atoms. The number of hydrogen-bond donors (Lipinski definition) is 0. The summed E-state index contributed by atoms with van der Waals surface area (Å²) in [4.78, 5) is 42.6. The van der Waals surface area contributed by atoms with Crippen molar-refractivity contribution >= 4 is 17.7 Å². The van der Waals surface area contributed by atoms with Crippen molar-refractivity contribution in [3.8, 4) is 0 Å². The Bertz CT molecular complexity index is 737. The van der Waals surface area contributed by atoms with Gasteiger partial charge in [-0.15, -0.1) is 0 Å². The Kier molecular flexibility index (Phi) is 5.77. The van der Waals surface area contributed by atoms with Crippen molar-refractivity contribution in [3.63, 3.8) is 0 Å². The van der Waals surface area contributed by atoms with E-state index in [-0.39, 0.29) is 41.7 Å². The van der Waals surface area contributed by atoms with Crippen molar-refractivity contribution in [2.24, 2.45) is 5.92 Å². The summed E-state index contributed by atoms with van der Waals surface area (Å²) >= 11 is 0. The van der Waals surface area contributed by atoms with Gasteiger partial charge in [-0.1, -0.05) is 12.1 Å². The molecule has 0 saturated carbocycles. The second-order valence-electron chi connectivity index (χ2n) is 7.49. The molecule has 3 amide bonds. The van der Waals surface area contributed by atoms with Crippen molar-refractivity contribution in [2.45, 2.75) is 32.7 Å². The van der Waals surface area contributed by atoms with Crippen molar-refractivity contribution in [1.29, 1.82) is 0 Å². The van der Waals surface area contributed by atoms with Crippen LogP contribution in [0.2, 0.25) is 0 Å². The average molecular weight is 375 g/mol. The summed E-state index contributed by atoms with van der Waals surface area (Å²) in [5, 5.41) is 0. The van der Waals surface area contributed by atoms with Gasteiger partial charge in [0.05, 0.1) is 11.5 Å². The van der Waals surface area contributed by atoms with Crippen molar-refractivity contribution in [2.75, 3.05) is 32.7 Å². The maximum atomic E-state index is 13.9. The first-order valence-corrected chi connectivity index (χ1v) is 9.50. The summed E-state index contributed by atoms with van der Waals surface area (Å²) in [7, 11) is 0. The number of rotatable bonds is 3. The number of halogens is 1. The molecule has 2 fully saturated rings. The third-order valence-corrected chi connectivity index (χ3v) is 5.33. The lowest BCUT2D eigenvalue weighted by molar-refractivity contribution is -0.135. The molecule has 0 aromatic heterocycles. The molecule has 1 atom stereocenters. The summed E-state index contributed by atoms with van der Waals surface area (Å²) in [6, 6.07) is 6.04. The molecule has 0 aliphatic carbocycles. The first kappa shape index (κ1) is 19.3. The lowest BCUT2D eigenvalue weighted by Gasteiger charge is -2.25. The maximum absolute atomic E-state index is 13.9. The summed E-state index contributed by atoms with van der Waals surface area (Å²) in [6.07, 6.45) is 0.895. The van der Waals surface area contributed by atoms with Gasteiger partial charge in [-0.25, -0.2) is 4.39 Å². The van der Waals surface area contributed by atoms with Gasteiger partial charge in [0.15, 0.2) is 0 Å². The van der Waals surface area contributed by atoms with E-state index in [1.165, 1.54) is 12.1 Å². The van der Waals surface area contributed by atoms with Crippen molar-refractivity contribution in [1.82, 2.24) is 14.7 Å². The summed E-state index contributed by atoms with van der Waals surface area (Å²) in [5.41, 5.74) is 0.0613. The van der Waals surface area contributed by atoms with E-state index in [1.54, 1.807) is 26.8 Å². The molecule has 6 nitrogen and oxygen atoms in total. The van der Waals surface area contributed by atoms with Crippen LogP contribution in [0.15, 0.2) is 24.3 Å². The van der Waals surface area contributed by atoms with Gasteiger partial charge < -0.3 is 14.7 Å². The number of benzene rings is 1. The zero-order valence-corrected chi connectivity index (χ0v) is 15.9. The molecule has 0 bridgehead atoms. The monoisotopic (exact) mass is 375 g/mol. The van der Waals surface area contributed by atoms with Crippen LogP contribution in [0.3, 0.4) is 0 Å². The molecule has 0 N–H and O–H groups in total. The summed E-state index contributed by atoms with van der Waals surface area (Å²) < 4.78 is 13.9.